The quantitative estimate of drug-likeness (QED) is 0.551. The summed E-state index contributed by atoms with van der Waals surface area (Å²) >= 11 is 6.55. The Hall–Kier alpha value is -1.74. The molecular formula is C26H37ClFN5OS. The topological polar surface area (TPSA) is 51.7 Å². The summed E-state index contributed by atoms with van der Waals surface area (Å²) in [6.45, 7) is 9.66. The molecule has 192 valence electrons. The number of allylic oxidation sites excluding steroid dienone is 4. The molecule has 1 aliphatic carbocycles. The van der Waals surface area contributed by atoms with Crippen molar-refractivity contribution in [3.8, 4) is 0 Å². The van der Waals surface area contributed by atoms with E-state index >= 15 is 0 Å². The lowest BCUT2D eigenvalue weighted by Crippen LogP contribution is -2.58. The first-order chi connectivity index (χ1) is 16.8. The van der Waals surface area contributed by atoms with Crippen LogP contribution >= 0.6 is 11.6 Å². The number of rotatable bonds is 7. The van der Waals surface area contributed by atoms with Crippen molar-refractivity contribution < 1.29 is 8.60 Å². The summed E-state index contributed by atoms with van der Waals surface area (Å²) in [6.07, 6.45) is 13.1. The van der Waals surface area contributed by atoms with Crippen molar-refractivity contribution in [1.29, 1.82) is 0 Å². The van der Waals surface area contributed by atoms with E-state index in [1.807, 2.05) is 13.0 Å². The lowest BCUT2D eigenvalue weighted by Gasteiger charge is -2.47. The van der Waals surface area contributed by atoms with Crippen molar-refractivity contribution in [3.63, 3.8) is 0 Å². The predicted octanol–water partition coefficient (Wildman–Crippen LogP) is 4.94. The second-order valence-electron chi connectivity index (χ2n) is 9.81. The Balaban J connectivity index is 1.33. The van der Waals surface area contributed by atoms with Crippen LogP contribution in [0.3, 0.4) is 0 Å². The van der Waals surface area contributed by atoms with Gasteiger partial charge in [0.25, 0.3) is 0 Å². The molecule has 2 fully saturated rings. The molecule has 2 saturated heterocycles. The summed E-state index contributed by atoms with van der Waals surface area (Å²) in [5.74, 6) is 0.711. The fourth-order valence-electron chi connectivity index (χ4n) is 5.40. The standard InChI is InChI=1S/C26H37ClFN5OS/c1-4-22-18-32(26-24(27)15-21(16-29-26)30-35(3)34)12-13-33(22)23-8-10-31(11-9-23)17-20-7-5-6-19(2)14-25(20)28/h5,7,14-16,22-23,30H,4,6,8-13,17-18H2,1-3H3. The lowest BCUT2D eigenvalue weighted by molar-refractivity contribution is 0.0658. The number of likely N-dealkylation sites (tertiary alicyclic amines) is 1. The number of halogens is 2. The van der Waals surface area contributed by atoms with E-state index in [0.29, 0.717) is 29.3 Å². The largest absolute Gasteiger partial charge is 0.353 e. The molecule has 2 atom stereocenters. The molecule has 3 aliphatic rings. The number of anilines is 2. The van der Waals surface area contributed by atoms with E-state index in [-0.39, 0.29) is 5.83 Å². The van der Waals surface area contributed by atoms with Crippen LogP contribution in [0.2, 0.25) is 5.02 Å². The molecule has 0 radical (unpaired) electrons. The maximum atomic E-state index is 14.5. The van der Waals surface area contributed by atoms with E-state index in [2.05, 4.69) is 37.4 Å². The van der Waals surface area contributed by atoms with Gasteiger partial charge in [0.1, 0.15) is 22.6 Å². The van der Waals surface area contributed by atoms with Gasteiger partial charge in [-0.3, -0.25) is 9.80 Å². The first-order valence-electron chi connectivity index (χ1n) is 12.5. The van der Waals surface area contributed by atoms with Gasteiger partial charge in [-0.15, -0.1) is 0 Å². The highest BCUT2D eigenvalue weighted by molar-refractivity contribution is 7.85. The summed E-state index contributed by atoms with van der Waals surface area (Å²) in [4.78, 5) is 11.9. The molecule has 0 bridgehead atoms. The number of piperazine rings is 1. The van der Waals surface area contributed by atoms with E-state index in [1.54, 1.807) is 24.6 Å². The highest BCUT2D eigenvalue weighted by Crippen LogP contribution is 2.31. The molecule has 2 unspecified atom stereocenters. The molecule has 0 amide bonds. The molecule has 0 saturated carbocycles. The third-order valence-corrected chi connectivity index (χ3v) is 8.04. The van der Waals surface area contributed by atoms with Crippen LogP contribution in [0.4, 0.5) is 15.9 Å². The van der Waals surface area contributed by atoms with E-state index in [1.165, 1.54) is 0 Å². The molecule has 4 rings (SSSR count). The highest BCUT2D eigenvalue weighted by Gasteiger charge is 2.34. The summed E-state index contributed by atoms with van der Waals surface area (Å²) in [6, 6.07) is 2.79. The molecule has 0 aromatic carbocycles. The minimum atomic E-state index is -1.16. The van der Waals surface area contributed by atoms with Gasteiger partial charge in [0, 0.05) is 50.1 Å². The summed E-state index contributed by atoms with van der Waals surface area (Å²) in [7, 11) is -1.16. The van der Waals surface area contributed by atoms with Gasteiger partial charge in [0.2, 0.25) is 0 Å². The van der Waals surface area contributed by atoms with Crippen molar-refractivity contribution in [2.75, 3.05) is 55.1 Å². The SMILES string of the molecule is CCC1CN(c2ncc(NS(C)=O)cc2Cl)CCN1C1CCN(CC2=C(F)C=C(C)CC=C2)CC1. The smallest absolute Gasteiger partial charge is 0.147 e. The van der Waals surface area contributed by atoms with E-state index in [9.17, 15) is 8.60 Å². The Kier molecular flexibility index (Phi) is 9.02. The zero-order valence-electron chi connectivity index (χ0n) is 21.0. The molecule has 9 heteroatoms. The average molecular weight is 522 g/mol. The Morgan fingerprint density at radius 3 is 2.71 bits per heavy atom. The summed E-state index contributed by atoms with van der Waals surface area (Å²) in [5.41, 5.74) is 2.54. The van der Waals surface area contributed by atoms with Crippen LogP contribution in [-0.4, -0.2) is 76.6 Å². The normalized spacial score (nSPS) is 23.9. The third kappa shape index (κ3) is 6.73. The van der Waals surface area contributed by atoms with E-state index < -0.39 is 11.0 Å². The minimum absolute atomic E-state index is 0.0837. The molecule has 1 N–H and O–H groups in total. The highest BCUT2D eigenvalue weighted by atomic mass is 35.5. The first-order valence-corrected chi connectivity index (χ1v) is 14.5. The van der Waals surface area contributed by atoms with Crippen molar-refractivity contribution in [2.45, 2.75) is 51.6 Å². The Morgan fingerprint density at radius 2 is 2.03 bits per heavy atom. The van der Waals surface area contributed by atoms with Crippen molar-refractivity contribution in [3.05, 3.63) is 52.5 Å². The first kappa shape index (κ1) is 26.3. The van der Waals surface area contributed by atoms with Gasteiger partial charge in [0.15, 0.2) is 0 Å². The lowest BCUT2D eigenvalue weighted by atomic mass is 9.97. The maximum absolute atomic E-state index is 14.5. The minimum Gasteiger partial charge on any atom is -0.353 e. The van der Waals surface area contributed by atoms with Gasteiger partial charge < -0.3 is 9.62 Å². The van der Waals surface area contributed by atoms with Crippen LogP contribution in [-0.2, 0) is 11.0 Å². The van der Waals surface area contributed by atoms with Crippen LogP contribution in [0.5, 0.6) is 0 Å². The summed E-state index contributed by atoms with van der Waals surface area (Å²) in [5, 5.41) is 0.580. The number of pyridine rings is 1. The molecule has 1 aromatic heterocycles. The van der Waals surface area contributed by atoms with Gasteiger partial charge >= 0.3 is 0 Å². The molecule has 3 heterocycles. The van der Waals surface area contributed by atoms with Crippen LogP contribution in [0, 0.1) is 0 Å². The van der Waals surface area contributed by atoms with Crippen molar-refractivity contribution in [1.82, 2.24) is 14.8 Å². The van der Waals surface area contributed by atoms with Gasteiger partial charge in [-0.25, -0.2) is 13.6 Å². The third-order valence-electron chi connectivity index (χ3n) is 7.24. The predicted molar refractivity (Wildman–Crippen MR) is 145 cm³/mol. The van der Waals surface area contributed by atoms with Crippen molar-refractivity contribution in [2.24, 2.45) is 0 Å². The average Bonchev–Trinajstić information content (AvgIpc) is 2.98. The van der Waals surface area contributed by atoms with Gasteiger partial charge in [0.05, 0.1) is 16.9 Å². The molecule has 0 spiro atoms. The zero-order valence-corrected chi connectivity index (χ0v) is 22.5. The fourth-order valence-corrected chi connectivity index (χ4v) is 6.13. The Bertz CT molecular complexity index is 1020. The molecule has 2 aliphatic heterocycles. The Morgan fingerprint density at radius 1 is 1.26 bits per heavy atom. The van der Waals surface area contributed by atoms with Gasteiger partial charge in [-0.05, 0) is 57.8 Å². The number of nitrogens with zero attached hydrogens (tertiary/aromatic N) is 4. The number of nitrogens with one attached hydrogen (secondary N) is 1. The summed E-state index contributed by atoms with van der Waals surface area (Å²) < 4.78 is 28.8. The van der Waals surface area contributed by atoms with Crippen LogP contribution in [0.25, 0.3) is 0 Å². The monoisotopic (exact) mass is 521 g/mol. The number of hydrogen-bond donors (Lipinski definition) is 1. The molecular weight excluding hydrogens is 485 g/mol. The van der Waals surface area contributed by atoms with E-state index in [4.69, 9.17) is 11.6 Å². The maximum Gasteiger partial charge on any atom is 0.147 e. The number of piperidine rings is 1. The van der Waals surface area contributed by atoms with Crippen LogP contribution in [0.1, 0.15) is 39.5 Å². The molecule has 6 nitrogen and oxygen atoms in total. The molecule has 35 heavy (non-hydrogen) atoms. The second kappa shape index (κ2) is 12.0. The van der Waals surface area contributed by atoms with Gasteiger partial charge in [-0.1, -0.05) is 36.2 Å². The van der Waals surface area contributed by atoms with Crippen molar-refractivity contribution >= 4 is 34.1 Å². The fraction of sp³-hybridized carbons (Fsp3) is 0.577. The van der Waals surface area contributed by atoms with E-state index in [0.717, 1.165) is 75.4 Å². The Labute approximate surface area is 216 Å². The zero-order chi connectivity index (χ0) is 24.9. The van der Waals surface area contributed by atoms with Crippen LogP contribution < -0.4 is 9.62 Å². The van der Waals surface area contributed by atoms with Crippen LogP contribution in [0.15, 0.2) is 47.5 Å². The van der Waals surface area contributed by atoms with Gasteiger partial charge in [-0.2, -0.15) is 0 Å². The molecule has 1 aromatic rings. The number of aromatic nitrogens is 1. The second-order valence-corrected chi connectivity index (χ2v) is 11.3. The number of hydrogen-bond acceptors (Lipinski definition) is 5.